The van der Waals surface area contributed by atoms with Gasteiger partial charge in [0.25, 0.3) is 0 Å². The molecule has 0 aliphatic rings. The number of hydrogen-bond acceptors (Lipinski definition) is 10. The lowest BCUT2D eigenvalue weighted by Gasteiger charge is -2.11. The molecule has 0 unspecified atom stereocenters. The van der Waals surface area contributed by atoms with Crippen molar-refractivity contribution in [1.82, 2.24) is 24.1 Å². The molecule has 3 heterocycles. The van der Waals surface area contributed by atoms with Gasteiger partial charge in [0, 0.05) is 75.0 Å². The van der Waals surface area contributed by atoms with Gasteiger partial charge in [0.1, 0.15) is 23.0 Å². The van der Waals surface area contributed by atoms with Gasteiger partial charge < -0.3 is 23.9 Å². The number of aryl methyl sites for hydroxylation is 2. The quantitative estimate of drug-likeness (QED) is 0.0743. The number of hydrogen-bond donors (Lipinski definition) is 1. The number of esters is 2. The summed E-state index contributed by atoms with van der Waals surface area (Å²) in [5.41, 5.74) is 6.71. The van der Waals surface area contributed by atoms with Crippen LogP contribution < -0.4 is 4.74 Å². The van der Waals surface area contributed by atoms with Crippen LogP contribution in [0, 0.1) is 12.7 Å². The first-order valence-corrected chi connectivity index (χ1v) is 21.7. The minimum Gasteiger partial charge on any atom is -0.507 e. The molecule has 3 aromatic heterocycles. The van der Waals surface area contributed by atoms with E-state index in [0.29, 0.717) is 57.1 Å². The Labute approximate surface area is 356 Å². The Morgan fingerprint density at radius 3 is 2.37 bits per heavy atom. The van der Waals surface area contributed by atoms with Crippen molar-refractivity contribution in [2.75, 3.05) is 21.3 Å². The van der Waals surface area contributed by atoms with Crippen molar-refractivity contribution < 1.29 is 33.3 Å². The van der Waals surface area contributed by atoms with Crippen LogP contribution in [0.15, 0.2) is 83.8 Å². The minimum absolute atomic E-state index is 0.0348. The highest BCUT2D eigenvalue weighted by atomic mass is 32.2. The molecule has 7 rings (SSSR count). The number of carbonyl (C=O) groups is 2. The Morgan fingerprint density at radius 1 is 0.883 bits per heavy atom. The number of methoxy groups -OCH3 is 3. The highest BCUT2D eigenvalue weighted by Crippen LogP contribution is 2.41. The van der Waals surface area contributed by atoms with E-state index in [-0.39, 0.29) is 30.3 Å². The fourth-order valence-corrected chi connectivity index (χ4v) is 9.52. The van der Waals surface area contributed by atoms with Crippen LogP contribution in [0.25, 0.3) is 32.8 Å². The van der Waals surface area contributed by atoms with Crippen LogP contribution in [0.3, 0.4) is 0 Å². The van der Waals surface area contributed by atoms with Crippen molar-refractivity contribution in [3.05, 3.63) is 124 Å². The van der Waals surface area contributed by atoms with Crippen LogP contribution >= 0.6 is 23.5 Å². The summed E-state index contributed by atoms with van der Waals surface area (Å²) >= 11 is 3.29. The first-order chi connectivity index (χ1) is 28.9. The molecule has 0 saturated carbocycles. The summed E-state index contributed by atoms with van der Waals surface area (Å²) in [6.45, 7) is 6.58. The number of carbonyl (C=O) groups excluding carboxylic acids is 2. The molecule has 0 bridgehead atoms. The highest BCUT2D eigenvalue weighted by Gasteiger charge is 2.29. The topological polar surface area (TPSA) is 123 Å². The van der Waals surface area contributed by atoms with Gasteiger partial charge in [0.05, 0.1) is 44.8 Å². The molecule has 0 spiro atoms. The van der Waals surface area contributed by atoms with Gasteiger partial charge in [-0.3, -0.25) is 14.2 Å². The molecule has 0 fully saturated rings. The summed E-state index contributed by atoms with van der Waals surface area (Å²) in [5, 5.41) is 23.2. The molecule has 11 nitrogen and oxygen atoms in total. The molecule has 0 atom stereocenters. The van der Waals surface area contributed by atoms with Crippen molar-refractivity contribution in [3.63, 3.8) is 0 Å². The Kier molecular flexibility index (Phi) is 12.9. The molecular formula is C46H48FN5O6S2. The molecule has 14 heteroatoms. The second-order valence-electron chi connectivity index (χ2n) is 14.8. The van der Waals surface area contributed by atoms with Gasteiger partial charge in [0.15, 0.2) is 0 Å². The van der Waals surface area contributed by atoms with Crippen molar-refractivity contribution >= 4 is 57.1 Å². The van der Waals surface area contributed by atoms with Gasteiger partial charge in [-0.25, -0.2) is 9.18 Å². The molecule has 60 heavy (non-hydrogen) atoms. The van der Waals surface area contributed by atoms with Gasteiger partial charge in [-0.1, -0.05) is 36.4 Å². The molecule has 0 aliphatic heterocycles. The number of phenols is 1. The Hall–Kier alpha value is -5.73. The number of thioether (sulfide) groups is 2. The van der Waals surface area contributed by atoms with Crippen LogP contribution in [-0.2, 0) is 51.5 Å². The lowest BCUT2D eigenvalue weighted by molar-refractivity contribution is -0.140. The van der Waals surface area contributed by atoms with Gasteiger partial charge in [-0.05, 0) is 86.2 Å². The first kappa shape index (κ1) is 42.4. The number of rotatable bonds is 16. The summed E-state index contributed by atoms with van der Waals surface area (Å²) < 4.78 is 37.6. The SMILES string of the molecule is COC(=O)CCc1c(C(=O)OC)n(C)c2c(-c3c(CSCc4cc(CSc5cc(O)c6ccccc6c5)n(C(C)C)n4)nn(Cc4ccc(OC)cc4)c3C)c(F)ccc12. The second kappa shape index (κ2) is 18.3. The third-order valence-corrected chi connectivity index (χ3v) is 12.6. The normalized spacial score (nSPS) is 11.6. The summed E-state index contributed by atoms with van der Waals surface area (Å²) in [5.74, 6) is 1.23. The standard InChI is InChI=1S/C46H48FN5O6S2/c1-27(2)52-32(25-60-34-20-30-10-8-9-11-35(30)40(53)22-34)21-31(48-52)24-59-26-39-42(28(3)51(49-39)23-29-12-14-33(56-5)15-13-29)43-38(47)18-16-36-37(17-19-41(54)57-6)45(46(55)58-7)50(4)44(36)43/h8-16,18,20-22,27,53H,17,19,23-26H2,1-7H3. The number of ether oxygens (including phenoxy) is 3. The Balaban J connectivity index is 1.23. The summed E-state index contributed by atoms with van der Waals surface area (Å²) in [7, 11) is 5.96. The van der Waals surface area contributed by atoms with E-state index in [1.54, 1.807) is 48.3 Å². The average molecular weight is 850 g/mol. The van der Waals surface area contributed by atoms with Crippen LogP contribution in [0.5, 0.6) is 11.5 Å². The molecule has 0 saturated heterocycles. The van der Waals surface area contributed by atoms with Gasteiger partial charge in [-0.15, -0.1) is 23.5 Å². The maximum atomic E-state index is 16.6. The Bertz CT molecular complexity index is 2700. The van der Waals surface area contributed by atoms with E-state index in [1.807, 2.05) is 70.9 Å². The van der Waals surface area contributed by atoms with Crippen LogP contribution in [0.4, 0.5) is 4.39 Å². The first-order valence-electron chi connectivity index (χ1n) is 19.6. The lowest BCUT2D eigenvalue weighted by Crippen LogP contribution is -2.11. The maximum Gasteiger partial charge on any atom is 0.354 e. The molecule has 4 aromatic carbocycles. The molecule has 0 aliphatic carbocycles. The zero-order valence-corrected chi connectivity index (χ0v) is 36.4. The van der Waals surface area contributed by atoms with Gasteiger partial charge in [0.2, 0.25) is 0 Å². The summed E-state index contributed by atoms with van der Waals surface area (Å²) in [4.78, 5) is 26.5. The third kappa shape index (κ3) is 8.62. The fraction of sp³-hybridized carbons (Fsp3) is 0.304. The smallest absolute Gasteiger partial charge is 0.354 e. The van der Waals surface area contributed by atoms with Crippen molar-refractivity contribution in [3.8, 4) is 22.6 Å². The predicted octanol–water partition coefficient (Wildman–Crippen LogP) is 9.80. The Morgan fingerprint density at radius 2 is 1.65 bits per heavy atom. The van der Waals surface area contributed by atoms with Gasteiger partial charge in [-0.2, -0.15) is 10.2 Å². The maximum absolute atomic E-state index is 16.6. The van der Waals surface area contributed by atoms with Crippen molar-refractivity contribution in [2.24, 2.45) is 7.05 Å². The van der Waals surface area contributed by atoms with E-state index in [9.17, 15) is 14.7 Å². The van der Waals surface area contributed by atoms with E-state index < -0.39 is 17.8 Å². The van der Waals surface area contributed by atoms with Crippen molar-refractivity contribution in [2.45, 2.75) is 68.4 Å². The fourth-order valence-electron chi connectivity index (χ4n) is 7.74. The average Bonchev–Trinajstić information content (AvgIpc) is 3.89. The van der Waals surface area contributed by atoms with E-state index in [1.165, 1.54) is 20.3 Å². The number of aromatic hydroxyl groups is 1. The number of aromatic nitrogens is 5. The van der Waals surface area contributed by atoms with Crippen molar-refractivity contribution in [1.29, 1.82) is 0 Å². The van der Waals surface area contributed by atoms with Crippen LogP contribution in [0.1, 0.15) is 70.7 Å². The predicted molar refractivity (Wildman–Crippen MR) is 235 cm³/mol. The van der Waals surface area contributed by atoms with E-state index in [0.717, 1.165) is 44.1 Å². The van der Waals surface area contributed by atoms with Gasteiger partial charge >= 0.3 is 11.9 Å². The molecule has 312 valence electrons. The molecular weight excluding hydrogens is 802 g/mol. The van der Waals surface area contributed by atoms with Crippen LogP contribution in [0.2, 0.25) is 0 Å². The second-order valence-corrected chi connectivity index (χ2v) is 16.8. The van der Waals surface area contributed by atoms with E-state index >= 15 is 4.39 Å². The molecule has 1 N–H and O–H groups in total. The summed E-state index contributed by atoms with van der Waals surface area (Å²) in [6.07, 6.45) is 0.235. The van der Waals surface area contributed by atoms with Crippen LogP contribution in [-0.4, -0.2) is 62.5 Å². The van der Waals surface area contributed by atoms with E-state index in [4.69, 9.17) is 24.4 Å². The molecule has 0 amide bonds. The zero-order chi connectivity index (χ0) is 42.7. The monoisotopic (exact) mass is 849 g/mol. The number of halogens is 1. The number of phenolic OH excluding ortho intramolecular Hbond substituents is 1. The summed E-state index contributed by atoms with van der Waals surface area (Å²) in [6, 6.07) is 24.8. The number of nitrogens with zero attached hydrogens (tertiary/aromatic N) is 5. The minimum atomic E-state index is -0.586. The third-order valence-electron chi connectivity index (χ3n) is 10.7. The molecule has 0 radical (unpaired) electrons. The zero-order valence-electron chi connectivity index (χ0n) is 34.7. The van der Waals surface area contributed by atoms with E-state index in [2.05, 4.69) is 26.0 Å². The highest BCUT2D eigenvalue weighted by molar-refractivity contribution is 7.98. The number of benzene rings is 4. The largest absolute Gasteiger partial charge is 0.507 e. The molecule has 7 aromatic rings. The number of fused-ring (bicyclic) bond motifs is 2. The lowest BCUT2D eigenvalue weighted by atomic mass is 9.97.